The Labute approximate surface area is 118 Å². The van der Waals surface area contributed by atoms with Gasteiger partial charge >= 0.3 is 0 Å². The molecule has 1 aromatic rings. The SMILES string of the molecule is CC1CCN(S(=O)(=O)c2ccc(CCCl)s2)CC1. The monoisotopic (exact) mass is 307 g/mol. The topological polar surface area (TPSA) is 37.4 Å². The van der Waals surface area contributed by atoms with E-state index in [9.17, 15) is 8.42 Å². The van der Waals surface area contributed by atoms with E-state index in [4.69, 9.17) is 11.6 Å². The van der Waals surface area contributed by atoms with Gasteiger partial charge in [0.15, 0.2) is 0 Å². The zero-order chi connectivity index (χ0) is 13.2. The van der Waals surface area contributed by atoms with Crippen LogP contribution < -0.4 is 0 Å². The van der Waals surface area contributed by atoms with E-state index in [-0.39, 0.29) is 0 Å². The second-order valence-electron chi connectivity index (χ2n) is 4.75. The van der Waals surface area contributed by atoms with Crippen LogP contribution in [0.25, 0.3) is 0 Å². The fourth-order valence-corrected chi connectivity index (χ4v) is 5.37. The van der Waals surface area contributed by atoms with E-state index in [0.29, 0.717) is 29.1 Å². The van der Waals surface area contributed by atoms with E-state index >= 15 is 0 Å². The fraction of sp³-hybridized carbons (Fsp3) is 0.667. The van der Waals surface area contributed by atoms with Gasteiger partial charge in [-0.25, -0.2) is 8.42 Å². The largest absolute Gasteiger partial charge is 0.252 e. The molecule has 0 radical (unpaired) electrons. The molecule has 0 bridgehead atoms. The second-order valence-corrected chi connectivity index (χ2v) is 8.46. The van der Waals surface area contributed by atoms with Crippen LogP contribution in [0.1, 0.15) is 24.6 Å². The molecule has 3 nitrogen and oxygen atoms in total. The predicted octanol–water partition coefficient (Wildman–Crippen LogP) is 2.95. The molecule has 2 rings (SSSR count). The Kier molecular flexibility index (Phi) is 4.69. The summed E-state index contributed by atoms with van der Waals surface area (Å²) in [5, 5.41) is 0. The Hall–Kier alpha value is -0.100. The standard InChI is InChI=1S/C12H18ClNO2S2/c1-10-5-8-14(9-6-10)18(15,16)12-3-2-11(17-12)4-7-13/h2-3,10H,4-9H2,1H3. The minimum absolute atomic E-state index is 0.456. The first kappa shape index (κ1) is 14.3. The number of hydrogen-bond donors (Lipinski definition) is 0. The van der Waals surface area contributed by atoms with Gasteiger partial charge in [-0.05, 0) is 37.3 Å². The highest BCUT2D eigenvalue weighted by atomic mass is 35.5. The van der Waals surface area contributed by atoms with Crippen LogP contribution in [0.2, 0.25) is 0 Å². The van der Waals surface area contributed by atoms with Crippen LogP contribution in [0.3, 0.4) is 0 Å². The minimum Gasteiger partial charge on any atom is -0.206 e. The lowest BCUT2D eigenvalue weighted by Gasteiger charge is -2.28. The third-order valence-electron chi connectivity index (χ3n) is 3.31. The number of aryl methyl sites for hydroxylation is 1. The molecule has 0 N–H and O–H groups in total. The van der Waals surface area contributed by atoms with Crippen molar-refractivity contribution in [3.8, 4) is 0 Å². The molecule has 1 aromatic heterocycles. The van der Waals surface area contributed by atoms with E-state index < -0.39 is 10.0 Å². The maximum absolute atomic E-state index is 12.4. The predicted molar refractivity (Wildman–Crippen MR) is 75.9 cm³/mol. The maximum atomic E-state index is 12.4. The Morgan fingerprint density at radius 2 is 2.06 bits per heavy atom. The van der Waals surface area contributed by atoms with Crippen molar-refractivity contribution in [2.24, 2.45) is 5.92 Å². The summed E-state index contributed by atoms with van der Waals surface area (Å²) in [6.07, 6.45) is 2.65. The van der Waals surface area contributed by atoms with Crippen molar-refractivity contribution >= 4 is 33.0 Å². The van der Waals surface area contributed by atoms with Crippen LogP contribution in [0.15, 0.2) is 16.3 Å². The van der Waals surface area contributed by atoms with Gasteiger partial charge < -0.3 is 0 Å². The summed E-state index contributed by atoms with van der Waals surface area (Å²) in [5.74, 6) is 1.16. The molecule has 0 spiro atoms. The van der Waals surface area contributed by atoms with Crippen molar-refractivity contribution < 1.29 is 8.42 Å². The number of rotatable bonds is 4. The van der Waals surface area contributed by atoms with Gasteiger partial charge in [-0.2, -0.15) is 4.31 Å². The van der Waals surface area contributed by atoms with E-state index in [1.165, 1.54) is 11.3 Å². The van der Waals surface area contributed by atoms with Gasteiger partial charge in [0.05, 0.1) is 0 Å². The highest BCUT2D eigenvalue weighted by molar-refractivity contribution is 7.91. The highest BCUT2D eigenvalue weighted by Gasteiger charge is 2.29. The zero-order valence-electron chi connectivity index (χ0n) is 10.4. The zero-order valence-corrected chi connectivity index (χ0v) is 12.8. The lowest BCUT2D eigenvalue weighted by Crippen LogP contribution is -2.37. The number of halogens is 1. The highest BCUT2D eigenvalue weighted by Crippen LogP contribution is 2.28. The molecular weight excluding hydrogens is 290 g/mol. The molecule has 1 aliphatic heterocycles. The van der Waals surface area contributed by atoms with E-state index in [1.54, 1.807) is 10.4 Å². The van der Waals surface area contributed by atoms with Crippen LogP contribution >= 0.6 is 22.9 Å². The molecule has 1 fully saturated rings. The number of alkyl halides is 1. The van der Waals surface area contributed by atoms with Gasteiger partial charge in [-0.1, -0.05) is 6.92 Å². The summed E-state index contributed by atoms with van der Waals surface area (Å²) < 4.78 is 26.9. The fourth-order valence-electron chi connectivity index (χ4n) is 2.08. The quantitative estimate of drug-likeness (QED) is 0.802. The van der Waals surface area contributed by atoms with E-state index in [2.05, 4.69) is 6.92 Å². The Balaban J connectivity index is 2.14. The van der Waals surface area contributed by atoms with Crippen molar-refractivity contribution in [3.05, 3.63) is 17.0 Å². The average Bonchev–Trinajstić information content (AvgIpc) is 2.79. The molecule has 2 heterocycles. The number of nitrogens with zero attached hydrogens (tertiary/aromatic N) is 1. The Morgan fingerprint density at radius 1 is 1.39 bits per heavy atom. The van der Waals surface area contributed by atoms with Gasteiger partial charge in [0.25, 0.3) is 10.0 Å². The van der Waals surface area contributed by atoms with Gasteiger partial charge in [0.1, 0.15) is 4.21 Å². The van der Waals surface area contributed by atoms with Gasteiger partial charge in [0.2, 0.25) is 0 Å². The molecule has 0 saturated carbocycles. The molecule has 102 valence electrons. The van der Waals surface area contributed by atoms with Crippen molar-refractivity contribution in [2.75, 3.05) is 19.0 Å². The summed E-state index contributed by atoms with van der Waals surface area (Å²) in [6.45, 7) is 3.46. The molecule has 0 amide bonds. The average molecular weight is 308 g/mol. The maximum Gasteiger partial charge on any atom is 0.252 e. The molecule has 1 aliphatic rings. The van der Waals surface area contributed by atoms with Crippen LogP contribution in [-0.4, -0.2) is 31.7 Å². The van der Waals surface area contributed by atoms with Crippen LogP contribution in [-0.2, 0) is 16.4 Å². The van der Waals surface area contributed by atoms with Crippen LogP contribution in [0, 0.1) is 5.92 Å². The number of hydrogen-bond acceptors (Lipinski definition) is 3. The summed E-state index contributed by atoms with van der Waals surface area (Å²) in [5.41, 5.74) is 0. The molecule has 18 heavy (non-hydrogen) atoms. The normalized spacial score (nSPS) is 19.2. The van der Waals surface area contributed by atoms with E-state index in [1.807, 2.05) is 6.07 Å². The number of sulfonamides is 1. The second kappa shape index (κ2) is 5.90. The molecule has 0 unspecified atom stereocenters. The molecular formula is C12H18ClNO2S2. The number of piperidine rings is 1. The van der Waals surface area contributed by atoms with Crippen molar-refractivity contribution in [1.82, 2.24) is 4.31 Å². The molecule has 0 aromatic carbocycles. The van der Waals surface area contributed by atoms with Crippen LogP contribution in [0.5, 0.6) is 0 Å². The Morgan fingerprint density at radius 3 is 2.67 bits per heavy atom. The molecule has 0 aliphatic carbocycles. The minimum atomic E-state index is -3.27. The first-order valence-corrected chi connectivity index (χ1v) is 8.98. The summed E-state index contributed by atoms with van der Waals surface area (Å²) >= 11 is 7.02. The van der Waals surface area contributed by atoms with E-state index in [0.717, 1.165) is 24.1 Å². The first-order valence-electron chi connectivity index (χ1n) is 6.19. The lowest BCUT2D eigenvalue weighted by molar-refractivity contribution is 0.288. The van der Waals surface area contributed by atoms with Crippen molar-refractivity contribution in [1.29, 1.82) is 0 Å². The van der Waals surface area contributed by atoms with Crippen molar-refractivity contribution in [2.45, 2.75) is 30.4 Å². The Bertz CT molecular complexity index is 490. The smallest absolute Gasteiger partial charge is 0.206 e. The third kappa shape index (κ3) is 3.07. The molecule has 1 saturated heterocycles. The summed E-state index contributed by atoms with van der Waals surface area (Å²) in [7, 11) is -3.27. The number of thiophene rings is 1. The molecule has 6 heteroatoms. The summed E-state index contributed by atoms with van der Waals surface area (Å²) in [4.78, 5) is 1.04. The summed E-state index contributed by atoms with van der Waals surface area (Å²) in [6, 6.07) is 3.58. The van der Waals surface area contributed by atoms with Crippen LogP contribution in [0.4, 0.5) is 0 Å². The lowest BCUT2D eigenvalue weighted by atomic mass is 10.0. The van der Waals surface area contributed by atoms with Gasteiger partial charge in [-0.3, -0.25) is 0 Å². The third-order valence-corrected chi connectivity index (χ3v) is 7.01. The molecule has 0 atom stereocenters. The van der Waals surface area contributed by atoms with Gasteiger partial charge in [-0.15, -0.1) is 22.9 Å². The van der Waals surface area contributed by atoms with Crippen molar-refractivity contribution in [3.63, 3.8) is 0 Å². The first-order chi connectivity index (χ1) is 8.54. The van der Waals surface area contributed by atoms with Gasteiger partial charge in [0, 0.05) is 23.8 Å².